The van der Waals surface area contributed by atoms with Gasteiger partial charge in [0.05, 0.1) is 26.4 Å². The van der Waals surface area contributed by atoms with Crippen LogP contribution in [0.25, 0.3) is 0 Å². The number of hydrogen-bond acceptors (Lipinski definition) is 15. The Hall–Kier alpha value is -1.94. The molecule has 17 nitrogen and oxygen atoms in total. The van der Waals surface area contributed by atoms with Crippen molar-refractivity contribution in [2.75, 3.05) is 39.6 Å². The van der Waals surface area contributed by atoms with Crippen LogP contribution < -0.4 is 0 Å². The van der Waals surface area contributed by atoms with E-state index in [4.69, 9.17) is 37.0 Å². The van der Waals surface area contributed by atoms with Crippen molar-refractivity contribution in [2.45, 2.75) is 381 Å². The number of ether oxygens (including phenoxy) is 4. The Morgan fingerprint density at radius 2 is 0.511 bits per heavy atom. The summed E-state index contributed by atoms with van der Waals surface area (Å²) in [6.07, 6.45) is 48.8. The molecule has 0 heterocycles. The fourth-order valence-electron chi connectivity index (χ4n) is 10.8. The van der Waals surface area contributed by atoms with Crippen LogP contribution in [0.5, 0.6) is 0 Å². The molecule has 0 spiro atoms. The molecule has 19 heteroatoms. The summed E-state index contributed by atoms with van der Waals surface area (Å²) in [4.78, 5) is 72.5. The molecule has 0 aromatic heterocycles. The number of esters is 4. The molecule has 0 aromatic rings. The zero-order valence-electron chi connectivity index (χ0n) is 58.4. The Bertz CT molecular complexity index is 1750. The monoisotopic (exact) mass is 1320 g/mol. The number of rotatable bonds is 70. The van der Waals surface area contributed by atoms with Crippen molar-refractivity contribution in [1.29, 1.82) is 0 Å². The summed E-state index contributed by atoms with van der Waals surface area (Å²) in [6, 6.07) is 0. The van der Waals surface area contributed by atoms with Crippen molar-refractivity contribution in [3.63, 3.8) is 0 Å². The van der Waals surface area contributed by atoms with E-state index >= 15 is 0 Å². The predicted octanol–water partition coefficient (Wildman–Crippen LogP) is 20.4. The van der Waals surface area contributed by atoms with Gasteiger partial charge in [-0.15, -0.1) is 0 Å². The van der Waals surface area contributed by atoms with E-state index in [1.807, 2.05) is 0 Å². The molecule has 0 fully saturated rings. The average molecular weight is 1330 g/mol. The second-order valence-electron chi connectivity index (χ2n) is 26.6. The van der Waals surface area contributed by atoms with Gasteiger partial charge >= 0.3 is 39.5 Å². The minimum Gasteiger partial charge on any atom is -0.462 e. The lowest BCUT2D eigenvalue weighted by molar-refractivity contribution is -0.161. The Labute approximate surface area is 549 Å². The Kier molecular flexibility index (Phi) is 61.8. The molecule has 0 radical (unpaired) electrons. The minimum absolute atomic E-state index is 0.103. The first-order chi connectivity index (χ1) is 43.4. The van der Waals surface area contributed by atoms with Crippen molar-refractivity contribution in [3.05, 3.63) is 0 Å². The lowest BCUT2D eigenvalue weighted by Gasteiger charge is -2.21. The number of phosphoric ester groups is 2. The van der Waals surface area contributed by atoms with Gasteiger partial charge in [0.25, 0.3) is 0 Å². The lowest BCUT2D eigenvalue weighted by Crippen LogP contribution is -2.30. The first-order valence-electron chi connectivity index (χ1n) is 37.0. The fraction of sp³-hybridized carbons (Fsp3) is 0.944. The maximum atomic E-state index is 13.0. The maximum Gasteiger partial charge on any atom is 0.472 e. The summed E-state index contributed by atoms with van der Waals surface area (Å²) in [5, 5.41) is 10.6. The molecule has 0 aliphatic carbocycles. The first kappa shape index (κ1) is 88.1. The molecule has 0 rings (SSSR count). The van der Waals surface area contributed by atoms with Crippen LogP contribution in [0, 0.1) is 11.8 Å². The normalized spacial score (nSPS) is 14.1. The van der Waals surface area contributed by atoms with E-state index in [0.717, 1.165) is 96.3 Å². The van der Waals surface area contributed by atoms with Crippen molar-refractivity contribution in [3.8, 4) is 0 Å². The number of phosphoric acid groups is 2. The van der Waals surface area contributed by atoms with Crippen LogP contribution in [0.1, 0.15) is 363 Å². The largest absolute Gasteiger partial charge is 0.472 e. The van der Waals surface area contributed by atoms with Gasteiger partial charge in [-0.3, -0.25) is 37.3 Å². The van der Waals surface area contributed by atoms with Crippen LogP contribution >= 0.6 is 15.6 Å². The molecule has 5 atom stereocenters. The van der Waals surface area contributed by atoms with Gasteiger partial charge in [-0.2, -0.15) is 0 Å². The molecular weight excluding hydrogens is 1190 g/mol. The van der Waals surface area contributed by atoms with Gasteiger partial charge in [0.1, 0.15) is 19.3 Å². The van der Waals surface area contributed by atoms with Crippen LogP contribution in [0.15, 0.2) is 0 Å². The van der Waals surface area contributed by atoms with Crippen molar-refractivity contribution >= 4 is 39.5 Å². The van der Waals surface area contributed by atoms with Crippen LogP contribution in [-0.2, 0) is 65.4 Å². The van der Waals surface area contributed by atoms with Crippen molar-refractivity contribution in [1.82, 2.24) is 0 Å². The Morgan fingerprint density at radius 1 is 0.300 bits per heavy atom. The van der Waals surface area contributed by atoms with Crippen LogP contribution in [-0.4, -0.2) is 96.7 Å². The maximum absolute atomic E-state index is 13.0. The fourth-order valence-corrected chi connectivity index (χ4v) is 12.3. The Morgan fingerprint density at radius 3 is 0.756 bits per heavy atom. The summed E-state index contributed by atoms with van der Waals surface area (Å²) in [7, 11) is -9.90. The highest BCUT2D eigenvalue weighted by molar-refractivity contribution is 7.47. The third-order valence-corrected chi connectivity index (χ3v) is 18.4. The van der Waals surface area contributed by atoms with E-state index < -0.39 is 97.5 Å². The highest BCUT2D eigenvalue weighted by Crippen LogP contribution is 2.45. The molecule has 0 aromatic carbocycles. The number of carbonyl (C=O) groups is 4. The Balaban J connectivity index is 5.23. The van der Waals surface area contributed by atoms with Gasteiger partial charge in [0, 0.05) is 25.7 Å². The summed E-state index contributed by atoms with van der Waals surface area (Å²) < 4.78 is 68.3. The summed E-state index contributed by atoms with van der Waals surface area (Å²) in [6.45, 7) is 9.41. The van der Waals surface area contributed by atoms with Gasteiger partial charge in [-0.1, -0.05) is 311 Å². The molecule has 0 saturated carbocycles. The molecule has 0 amide bonds. The molecule has 534 valence electrons. The number of aliphatic hydroxyl groups is 1. The van der Waals surface area contributed by atoms with Crippen LogP contribution in [0.2, 0.25) is 0 Å². The van der Waals surface area contributed by atoms with E-state index in [9.17, 15) is 43.2 Å². The van der Waals surface area contributed by atoms with E-state index in [0.29, 0.717) is 37.5 Å². The molecule has 0 saturated heterocycles. The highest BCUT2D eigenvalue weighted by atomic mass is 31.2. The van der Waals surface area contributed by atoms with Gasteiger partial charge in [-0.05, 0) is 37.5 Å². The highest BCUT2D eigenvalue weighted by Gasteiger charge is 2.30. The van der Waals surface area contributed by atoms with Gasteiger partial charge in [-0.25, -0.2) is 9.13 Å². The number of hydrogen-bond donors (Lipinski definition) is 3. The van der Waals surface area contributed by atoms with Crippen LogP contribution in [0.4, 0.5) is 0 Å². The second kappa shape index (κ2) is 63.1. The minimum atomic E-state index is -4.95. The summed E-state index contributed by atoms with van der Waals surface area (Å²) in [5.74, 6) is -0.751. The molecule has 3 N–H and O–H groups in total. The number of carbonyl (C=O) groups excluding carboxylic acids is 4. The van der Waals surface area contributed by atoms with Gasteiger partial charge in [0.2, 0.25) is 0 Å². The second-order valence-corrected chi connectivity index (χ2v) is 29.5. The molecule has 0 bridgehead atoms. The topological polar surface area (TPSA) is 237 Å². The SMILES string of the molecule is CCCCCCCCCCCCCCCCCCC(=O)O[C@H](COC(=O)CCCCCCCCCCCCCCCCC)COP(=O)(O)OC[C@@H](O)COP(=O)(O)OC[C@@H](COC(=O)CCCCCCCCC(C)C)OC(=O)CCCCCCCCCC(C)C. The molecule has 0 aliphatic heterocycles. The summed E-state index contributed by atoms with van der Waals surface area (Å²) >= 11 is 0. The number of unbranched alkanes of at least 4 members (excludes halogenated alkanes) is 40. The van der Waals surface area contributed by atoms with Crippen molar-refractivity contribution < 1.29 is 80.2 Å². The molecule has 2 unspecified atom stereocenters. The predicted molar refractivity (Wildman–Crippen MR) is 363 cm³/mol. The molecule has 0 aliphatic rings. The van der Waals surface area contributed by atoms with E-state index in [2.05, 4.69) is 41.5 Å². The van der Waals surface area contributed by atoms with E-state index in [1.165, 1.54) is 173 Å². The standard InChI is InChI=1S/C71H138O17P2/c1-7-9-11-13-15-17-19-21-23-25-27-29-31-35-43-49-55-70(75)87-66(59-81-68(73)53-47-41-34-30-28-26-24-22-20-18-16-14-12-10-8-2)61-85-89(77,78)83-57-65(72)58-84-90(79,80)86-62-67(60-82-69(74)54-48-42-38-37-40-46-52-64(5)6)88-71(76)56-50-44-36-32-33-39-45-51-63(3)4/h63-67,72H,7-62H2,1-6H3,(H,77,78)(H,79,80)/t65-,66-,67-/m1/s1. The zero-order chi connectivity index (χ0) is 66.5. The van der Waals surface area contributed by atoms with Crippen molar-refractivity contribution in [2.24, 2.45) is 11.8 Å². The smallest absolute Gasteiger partial charge is 0.462 e. The molecular formula is C71H138O17P2. The van der Waals surface area contributed by atoms with E-state index in [-0.39, 0.29) is 25.7 Å². The lowest BCUT2D eigenvalue weighted by atomic mass is 10.0. The van der Waals surface area contributed by atoms with Gasteiger partial charge < -0.3 is 33.8 Å². The zero-order valence-corrected chi connectivity index (χ0v) is 60.2. The third-order valence-electron chi connectivity index (χ3n) is 16.5. The van der Waals surface area contributed by atoms with E-state index in [1.54, 1.807) is 0 Å². The van der Waals surface area contributed by atoms with Crippen LogP contribution in [0.3, 0.4) is 0 Å². The molecule has 90 heavy (non-hydrogen) atoms. The van der Waals surface area contributed by atoms with Gasteiger partial charge in [0.15, 0.2) is 12.2 Å². The third kappa shape index (κ3) is 64.8. The first-order valence-corrected chi connectivity index (χ1v) is 40.0. The summed E-state index contributed by atoms with van der Waals surface area (Å²) in [5.41, 5.74) is 0. The quantitative estimate of drug-likeness (QED) is 0.0222. The average Bonchev–Trinajstić information content (AvgIpc) is 3.71. The number of aliphatic hydroxyl groups excluding tert-OH is 1.